The molecule has 0 amide bonds. The second-order valence-corrected chi connectivity index (χ2v) is 7.20. The molecule has 1 heterocycles. The van der Waals surface area contributed by atoms with Crippen LogP contribution in [0.15, 0.2) is 46.8 Å². The maximum atomic E-state index is 10.6. The van der Waals surface area contributed by atoms with Gasteiger partial charge in [-0.3, -0.25) is 0 Å². The molecule has 0 aliphatic rings. The highest BCUT2D eigenvalue weighted by Gasteiger charge is 2.23. The summed E-state index contributed by atoms with van der Waals surface area (Å²) < 4.78 is 10.8. The average Bonchev–Trinajstić information content (AvgIpc) is 3.22. The summed E-state index contributed by atoms with van der Waals surface area (Å²) in [5, 5.41) is 19.0. The van der Waals surface area contributed by atoms with Crippen LogP contribution in [0.3, 0.4) is 0 Å². The van der Waals surface area contributed by atoms with Gasteiger partial charge in [-0.25, -0.2) is 4.99 Å². The molecule has 0 fully saturated rings. The Balaban J connectivity index is 1.74. The molecule has 1 aromatic heterocycles. The number of nitrogens with zero attached hydrogens (tertiary/aromatic N) is 1. The van der Waals surface area contributed by atoms with Crippen molar-refractivity contribution in [3.63, 3.8) is 0 Å². The molecule has 0 aliphatic carbocycles. The first-order valence-electron chi connectivity index (χ1n) is 9.10. The van der Waals surface area contributed by atoms with E-state index in [1.54, 1.807) is 14.0 Å². The zero-order chi connectivity index (χ0) is 19.5. The second-order valence-electron chi connectivity index (χ2n) is 6.25. The summed E-state index contributed by atoms with van der Waals surface area (Å²) in [5.74, 6) is 2.33. The minimum atomic E-state index is -0.964. The molecule has 1 atom stereocenters. The number of aliphatic imine (C=N–C) groups is 1. The third-order valence-electron chi connectivity index (χ3n) is 3.88. The molecule has 6 nitrogen and oxygen atoms in total. The topological polar surface area (TPSA) is 75.1 Å². The summed E-state index contributed by atoms with van der Waals surface area (Å²) in [6.07, 6.45) is 0.831. The molecule has 7 heteroatoms. The number of guanidine groups is 1. The van der Waals surface area contributed by atoms with Crippen LogP contribution in [0.2, 0.25) is 0 Å². The molecule has 1 aromatic carbocycles. The van der Waals surface area contributed by atoms with E-state index in [9.17, 15) is 5.11 Å². The zero-order valence-electron chi connectivity index (χ0n) is 16.2. The molecule has 1 unspecified atom stereocenters. The average molecular weight is 392 g/mol. The van der Waals surface area contributed by atoms with E-state index < -0.39 is 5.60 Å². The Kier molecular flexibility index (Phi) is 8.42. The second kappa shape index (κ2) is 10.8. The van der Waals surface area contributed by atoms with Gasteiger partial charge in [0.15, 0.2) is 5.96 Å². The number of ether oxygens (including phenoxy) is 2. The predicted molar refractivity (Wildman–Crippen MR) is 111 cm³/mol. The van der Waals surface area contributed by atoms with Gasteiger partial charge in [0.25, 0.3) is 0 Å². The van der Waals surface area contributed by atoms with Gasteiger partial charge in [-0.15, -0.1) is 11.3 Å². The lowest BCUT2D eigenvalue weighted by atomic mass is 10.1. The van der Waals surface area contributed by atoms with Crippen LogP contribution < -0.4 is 20.1 Å². The first-order valence-corrected chi connectivity index (χ1v) is 9.98. The fourth-order valence-electron chi connectivity index (χ4n) is 2.38. The number of hydrogen-bond donors (Lipinski definition) is 3. The number of methoxy groups -OCH3 is 1. The van der Waals surface area contributed by atoms with Crippen LogP contribution in [0.1, 0.15) is 25.1 Å². The predicted octanol–water partition coefficient (Wildman–Crippen LogP) is 2.99. The SMILES string of the molecule is CCNC(=NCC(C)(O)c1cccs1)NCCCOc1ccc(OC)cc1. The summed E-state index contributed by atoms with van der Waals surface area (Å²) in [6.45, 7) is 6.19. The van der Waals surface area contributed by atoms with Crippen LogP contribution in [0.4, 0.5) is 0 Å². The fourth-order valence-corrected chi connectivity index (χ4v) is 3.16. The van der Waals surface area contributed by atoms with E-state index in [4.69, 9.17) is 9.47 Å². The van der Waals surface area contributed by atoms with E-state index in [0.29, 0.717) is 19.1 Å². The van der Waals surface area contributed by atoms with Crippen LogP contribution in [0, 0.1) is 0 Å². The number of thiophene rings is 1. The summed E-state index contributed by atoms with van der Waals surface area (Å²) in [5.41, 5.74) is -0.964. The van der Waals surface area contributed by atoms with Crippen molar-refractivity contribution in [1.29, 1.82) is 0 Å². The lowest BCUT2D eigenvalue weighted by Crippen LogP contribution is -2.39. The maximum absolute atomic E-state index is 10.6. The summed E-state index contributed by atoms with van der Waals surface area (Å²) >= 11 is 1.54. The van der Waals surface area contributed by atoms with Crippen molar-refractivity contribution >= 4 is 17.3 Å². The van der Waals surface area contributed by atoms with Gasteiger partial charge in [0.2, 0.25) is 0 Å². The van der Waals surface area contributed by atoms with Crippen LogP contribution >= 0.6 is 11.3 Å². The fraction of sp³-hybridized carbons (Fsp3) is 0.450. The number of benzene rings is 1. The summed E-state index contributed by atoms with van der Waals surface area (Å²) in [7, 11) is 1.64. The van der Waals surface area contributed by atoms with Crippen LogP contribution in [-0.2, 0) is 5.60 Å². The molecule has 0 bridgehead atoms. The normalized spacial score (nSPS) is 13.7. The van der Waals surface area contributed by atoms with Crippen molar-refractivity contribution in [2.75, 3.05) is 33.4 Å². The lowest BCUT2D eigenvalue weighted by molar-refractivity contribution is 0.0711. The van der Waals surface area contributed by atoms with E-state index in [1.807, 2.05) is 48.7 Å². The van der Waals surface area contributed by atoms with Gasteiger partial charge in [-0.05, 0) is 56.0 Å². The molecule has 0 radical (unpaired) electrons. The Hall–Kier alpha value is -2.25. The number of hydrogen-bond acceptors (Lipinski definition) is 5. The molecule has 0 spiro atoms. The quantitative estimate of drug-likeness (QED) is 0.330. The first kappa shape index (κ1) is 21.1. The van der Waals surface area contributed by atoms with E-state index in [0.717, 1.165) is 35.9 Å². The van der Waals surface area contributed by atoms with Crippen LogP contribution in [0.25, 0.3) is 0 Å². The Morgan fingerprint density at radius 2 is 1.93 bits per heavy atom. The Bertz CT molecular complexity index is 685. The maximum Gasteiger partial charge on any atom is 0.191 e. The minimum Gasteiger partial charge on any atom is -0.497 e. The lowest BCUT2D eigenvalue weighted by Gasteiger charge is -2.20. The number of aliphatic hydroxyl groups is 1. The molecule has 0 saturated heterocycles. The smallest absolute Gasteiger partial charge is 0.191 e. The molecular formula is C20H29N3O3S. The van der Waals surface area contributed by atoms with E-state index in [-0.39, 0.29) is 0 Å². The van der Waals surface area contributed by atoms with Crippen molar-refractivity contribution < 1.29 is 14.6 Å². The molecule has 27 heavy (non-hydrogen) atoms. The van der Waals surface area contributed by atoms with Crippen molar-refractivity contribution in [3.8, 4) is 11.5 Å². The highest BCUT2D eigenvalue weighted by atomic mass is 32.1. The van der Waals surface area contributed by atoms with E-state index >= 15 is 0 Å². The molecule has 148 valence electrons. The molecule has 2 aromatic rings. The van der Waals surface area contributed by atoms with Crippen molar-refractivity contribution in [2.45, 2.75) is 25.9 Å². The number of rotatable bonds is 10. The monoisotopic (exact) mass is 391 g/mol. The van der Waals surface area contributed by atoms with Crippen molar-refractivity contribution in [2.24, 2.45) is 4.99 Å². The van der Waals surface area contributed by atoms with Crippen molar-refractivity contribution in [1.82, 2.24) is 10.6 Å². The molecule has 2 rings (SSSR count). The van der Waals surface area contributed by atoms with Crippen LogP contribution in [-0.4, -0.2) is 44.4 Å². The first-order chi connectivity index (χ1) is 13.0. The highest BCUT2D eigenvalue weighted by Crippen LogP contribution is 2.25. The molecular weight excluding hydrogens is 362 g/mol. The van der Waals surface area contributed by atoms with Gasteiger partial charge in [-0.2, -0.15) is 0 Å². The van der Waals surface area contributed by atoms with Gasteiger partial charge in [0.05, 0.1) is 20.3 Å². The van der Waals surface area contributed by atoms with Gasteiger partial charge >= 0.3 is 0 Å². The summed E-state index contributed by atoms with van der Waals surface area (Å²) in [6, 6.07) is 11.4. The van der Waals surface area contributed by atoms with E-state index in [2.05, 4.69) is 15.6 Å². The highest BCUT2D eigenvalue weighted by molar-refractivity contribution is 7.10. The molecule has 3 N–H and O–H groups in total. The molecule has 0 saturated carbocycles. The Morgan fingerprint density at radius 3 is 2.56 bits per heavy atom. The third kappa shape index (κ3) is 7.11. The van der Waals surface area contributed by atoms with Gasteiger partial charge in [-0.1, -0.05) is 6.07 Å². The Morgan fingerprint density at radius 1 is 1.19 bits per heavy atom. The summed E-state index contributed by atoms with van der Waals surface area (Å²) in [4.78, 5) is 5.42. The zero-order valence-corrected chi connectivity index (χ0v) is 17.0. The largest absolute Gasteiger partial charge is 0.497 e. The standard InChI is InChI=1S/C20H29N3O3S/c1-4-21-19(23-15-20(2,24)18-7-5-14-27-18)22-12-6-13-26-17-10-8-16(25-3)9-11-17/h5,7-11,14,24H,4,6,12-13,15H2,1-3H3,(H2,21,22,23). The molecule has 0 aliphatic heterocycles. The van der Waals surface area contributed by atoms with E-state index in [1.165, 1.54) is 11.3 Å². The van der Waals surface area contributed by atoms with Gasteiger partial charge in [0.1, 0.15) is 17.1 Å². The van der Waals surface area contributed by atoms with Crippen LogP contribution in [0.5, 0.6) is 11.5 Å². The van der Waals surface area contributed by atoms with Crippen molar-refractivity contribution in [3.05, 3.63) is 46.7 Å². The van der Waals surface area contributed by atoms with Gasteiger partial charge < -0.3 is 25.2 Å². The minimum absolute atomic E-state index is 0.297. The third-order valence-corrected chi connectivity index (χ3v) is 5.01. The van der Waals surface area contributed by atoms with Gasteiger partial charge in [0, 0.05) is 18.0 Å². The number of nitrogens with one attached hydrogen (secondary N) is 2. The Labute approximate surface area is 165 Å².